The number of benzene rings is 2. The molecule has 2 aromatic rings. The summed E-state index contributed by atoms with van der Waals surface area (Å²) in [4.78, 5) is 13.7. The van der Waals surface area contributed by atoms with Gasteiger partial charge in [0, 0.05) is 23.6 Å². The first-order chi connectivity index (χ1) is 9.47. The SMILES string of the molecule is CN(Cc1cccc(Br)c1)C(=O)c1ccc(N)c(F)c1. The molecule has 0 atom stereocenters. The number of halogens is 2. The number of hydrogen-bond donors (Lipinski definition) is 1. The minimum atomic E-state index is -0.577. The van der Waals surface area contributed by atoms with Crippen molar-refractivity contribution in [2.45, 2.75) is 6.54 Å². The summed E-state index contributed by atoms with van der Waals surface area (Å²) >= 11 is 3.38. The van der Waals surface area contributed by atoms with E-state index in [0.717, 1.165) is 16.1 Å². The molecule has 2 aromatic carbocycles. The summed E-state index contributed by atoms with van der Waals surface area (Å²) in [7, 11) is 1.68. The van der Waals surface area contributed by atoms with Crippen LogP contribution in [0.1, 0.15) is 15.9 Å². The van der Waals surface area contributed by atoms with E-state index in [1.54, 1.807) is 7.05 Å². The van der Waals surface area contributed by atoms with Gasteiger partial charge in [-0.2, -0.15) is 0 Å². The largest absolute Gasteiger partial charge is 0.396 e. The predicted octanol–water partition coefficient (Wildman–Crippen LogP) is 3.44. The lowest BCUT2D eigenvalue weighted by molar-refractivity contribution is 0.0784. The molecule has 0 bridgehead atoms. The highest BCUT2D eigenvalue weighted by Crippen LogP contribution is 2.16. The molecule has 0 aromatic heterocycles. The van der Waals surface area contributed by atoms with Gasteiger partial charge in [-0.1, -0.05) is 28.1 Å². The van der Waals surface area contributed by atoms with Crippen molar-refractivity contribution >= 4 is 27.5 Å². The predicted molar refractivity (Wildman–Crippen MR) is 80.8 cm³/mol. The third-order valence-electron chi connectivity index (χ3n) is 2.90. The highest BCUT2D eigenvalue weighted by molar-refractivity contribution is 9.10. The van der Waals surface area contributed by atoms with Gasteiger partial charge in [0.15, 0.2) is 0 Å². The lowest BCUT2D eigenvalue weighted by atomic mass is 10.1. The molecule has 104 valence electrons. The lowest BCUT2D eigenvalue weighted by Crippen LogP contribution is -2.26. The summed E-state index contributed by atoms with van der Waals surface area (Å²) in [6.45, 7) is 0.449. The number of nitrogens with zero attached hydrogens (tertiary/aromatic N) is 1. The first kappa shape index (κ1) is 14.5. The average molecular weight is 337 g/mol. The summed E-state index contributed by atoms with van der Waals surface area (Å²) in [6, 6.07) is 11.8. The van der Waals surface area contributed by atoms with E-state index in [-0.39, 0.29) is 17.2 Å². The topological polar surface area (TPSA) is 46.3 Å². The van der Waals surface area contributed by atoms with Crippen molar-refractivity contribution in [1.82, 2.24) is 4.90 Å². The summed E-state index contributed by atoms with van der Waals surface area (Å²) in [5.41, 5.74) is 6.72. The summed E-state index contributed by atoms with van der Waals surface area (Å²) in [6.07, 6.45) is 0. The van der Waals surface area contributed by atoms with Crippen molar-refractivity contribution < 1.29 is 9.18 Å². The number of hydrogen-bond acceptors (Lipinski definition) is 2. The van der Waals surface area contributed by atoms with Crippen LogP contribution in [0.5, 0.6) is 0 Å². The zero-order chi connectivity index (χ0) is 14.7. The molecule has 0 fully saturated rings. The molecular formula is C15H14BrFN2O. The highest BCUT2D eigenvalue weighted by Gasteiger charge is 2.13. The maximum atomic E-state index is 13.4. The molecule has 0 radical (unpaired) electrons. The number of amides is 1. The van der Waals surface area contributed by atoms with E-state index in [9.17, 15) is 9.18 Å². The van der Waals surface area contributed by atoms with E-state index in [4.69, 9.17) is 5.73 Å². The maximum Gasteiger partial charge on any atom is 0.254 e. The number of nitrogens with two attached hydrogens (primary N) is 1. The van der Waals surface area contributed by atoms with E-state index >= 15 is 0 Å². The maximum absolute atomic E-state index is 13.4. The fourth-order valence-electron chi connectivity index (χ4n) is 1.86. The van der Waals surface area contributed by atoms with Crippen LogP contribution in [0.2, 0.25) is 0 Å². The zero-order valence-corrected chi connectivity index (χ0v) is 12.5. The molecule has 0 spiro atoms. The number of carbonyl (C=O) groups is 1. The second-order valence-corrected chi connectivity index (χ2v) is 5.44. The summed E-state index contributed by atoms with van der Waals surface area (Å²) < 4.78 is 14.3. The van der Waals surface area contributed by atoms with Crippen molar-refractivity contribution in [2.24, 2.45) is 0 Å². The Labute approximate surface area is 125 Å². The lowest BCUT2D eigenvalue weighted by Gasteiger charge is -2.17. The van der Waals surface area contributed by atoms with E-state index < -0.39 is 5.82 Å². The Kier molecular flexibility index (Phi) is 4.39. The zero-order valence-electron chi connectivity index (χ0n) is 10.9. The number of anilines is 1. The van der Waals surface area contributed by atoms with Crippen molar-refractivity contribution in [3.8, 4) is 0 Å². The normalized spacial score (nSPS) is 10.3. The second-order valence-electron chi connectivity index (χ2n) is 4.53. The minimum Gasteiger partial charge on any atom is -0.396 e. The molecule has 1 amide bonds. The molecule has 2 N–H and O–H groups in total. The second kappa shape index (κ2) is 6.05. The Hall–Kier alpha value is -1.88. The Morgan fingerprint density at radius 1 is 1.30 bits per heavy atom. The van der Waals surface area contributed by atoms with E-state index in [2.05, 4.69) is 15.9 Å². The van der Waals surface area contributed by atoms with Gasteiger partial charge < -0.3 is 10.6 Å². The van der Waals surface area contributed by atoms with Gasteiger partial charge in [-0.3, -0.25) is 4.79 Å². The molecular weight excluding hydrogens is 323 g/mol. The van der Waals surface area contributed by atoms with Crippen molar-refractivity contribution in [3.63, 3.8) is 0 Å². The van der Waals surface area contributed by atoms with Crippen LogP contribution in [-0.2, 0) is 6.54 Å². The van der Waals surface area contributed by atoms with Gasteiger partial charge in [0.2, 0.25) is 0 Å². The summed E-state index contributed by atoms with van der Waals surface area (Å²) in [5.74, 6) is -0.824. The van der Waals surface area contributed by atoms with Crippen molar-refractivity contribution in [2.75, 3.05) is 12.8 Å². The monoisotopic (exact) mass is 336 g/mol. The number of nitrogen functional groups attached to an aromatic ring is 1. The van der Waals surface area contributed by atoms with Crippen LogP contribution >= 0.6 is 15.9 Å². The number of carbonyl (C=O) groups excluding carboxylic acids is 1. The highest BCUT2D eigenvalue weighted by atomic mass is 79.9. The first-order valence-corrected chi connectivity index (χ1v) is 6.81. The Balaban J connectivity index is 2.14. The summed E-state index contributed by atoms with van der Waals surface area (Å²) in [5, 5.41) is 0. The average Bonchev–Trinajstić information content (AvgIpc) is 2.41. The van der Waals surface area contributed by atoms with Gasteiger partial charge >= 0.3 is 0 Å². The molecule has 3 nitrogen and oxygen atoms in total. The molecule has 0 aliphatic rings. The smallest absolute Gasteiger partial charge is 0.254 e. The van der Waals surface area contributed by atoms with Gasteiger partial charge in [-0.05, 0) is 35.9 Å². The molecule has 2 rings (SSSR count). The van der Waals surface area contributed by atoms with Crippen LogP contribution < -0.4 is 5.73 Å². The standard InChI is InChI=1S/C15H14BrFN2O/c1-19(9-10-3-2-4-12(16)7-10)15(20)11-5-6-14(18)13(17)8-11/h2-8H,9,18H2,1H3. The van der Waals surface area contributed by atoms with Crippen LogP contribution in [0.3, 0.4) is 0 Å². The molecule has 0 saturated heterocycles. The first-order valence-electron chi connectivity index (χ1n) is 6.02. The third kappa shape index (κ3) is 3.36. The minimum absolute atomic E-state index is 0.0381. The molecule has 0 saturated carbocycles. The van der Waals surface area contributed by atoms with Gasteiger partial charge in [0.25, 0.3) is 5.91 Å². The van der Waals surface area contributed by atoms with Gasteiger partial charge in [-0.25, -0.2) is 4.39 Å². The van der Waals surface area contributed by atoms with Crippen LogP contribution in [0, 0.1) is 5.82 Å². The fourth-order valence-corrected chi connectivity index (χ4v) is 2.31. The van der Waals surface area contributed by atoms with Crippen LogP contribution in [-0.4, -0.2) is 17.9 Å². The molecule has 5 heteroatoms. The van der Waals surface area contributed by atoms with Crippen LogP contribution in [0.25, 0.3) is 0 Å². The Morgan fingerprint density at radius 3 is 2.70 bits per heavy atom. The van der Waals surface area contributed by atoms with Crippen molar-refractivity contribution in [1.29, 1.82) is 0 Å². The van der Waals surface area contributed by atoms with E-state index in [0.29, 0.717) is 6.54 Å². The van der Waals surface area contributed by atoms with E-state index in [1.165, 1.54) is 17.0 Å². The molecule has 0 heterocycles. The Bertz CT molecular complexity index is 646. The van der Waals surface area contributed by atoms with Gasteiger partial charge in [0.1, 0.15) is 5.82 Å². The van der Waals surface area contributed by atoms with Crippen LogP contribution in [0.15, 0.2) is 46.9 Å². The van der Waals surface area contributed by atoms with E-state index in [1.807, 2.05) is 24.3 Å². The van der Waals surface area contributed by atoms with Gasteiger partial charge in [0.05, 0.1) is 5.69 Å². The molecule has 0 aliphatic carbocycles. The third-order valence-corrected chi connectivity index (χ3v) is 3.40. The molecule has 20 heavy (non-hydrogen) atoms. The van der Waals surface area contributed by atoms with Crippen molar-refractivity contribution in [3.05, 3.63) is 63.9 Å². The quantitative estimate of drug-likeness (QED) is 0.872. The Morgan fingerprint density at radius 2 is 2.05 bits per heavy atom. The fraction of sp³-hybridized carbons (Fsp3) is 0.133. The molecule has 0 unspecified atom stereocenters. The number of rotatable bonds is 3. The molecule has 0 aliphatic heterocycles. The van der Waals surface area contributed by atoms with Crippen LogP contribution in [0.4, 0.5) is 10.1 Å². The van der Waals surface area contributed by atoms with Gasteiger partial charge in [-0.15, -0.1) is 0 Å².